The van der Waals surface area contributed by atoms with Crippen LogP contribution in [0.2, 0.25) is 0 Å². The Labute approximate surface area is 103 Å². The lowest BCUT2D eigenvalue weighted by Gasteiger charge is -2.26. The van der Waals surface area contributed by atoms with Gasteiger partial charge in [-0.05, 0) is 26.6 Å². The van der Waals surface area contributed by atoms with E-state index in [2.05, 4.69) is 25.1 Å². The van der Waals surface area contributed by atoms with Gasteiger partial charge in [-0.2, -0.15) is 11.8 Å². The number of hydrogen-bond acceptors (Lipinski definition) is 4. The summed E-state index contributed by atoms with van der Waals surface area (Å²) in [6.07, 6.45) is 2.88. The van der Waals surface area contributed by atoms with E-state index in [-0.39, 0.29) is 0 Å². The van der Waals surface area contributed by atoms with Gasteiger partial charge in [0, 0.05) is 31.4 Å². The van der Waals surface area contributed by atoms with Crippen LogP contribution < -0.4 is 0 Å². The second-order valence-corrected chi connectivity index (χ2v) is 7.35. The van der Waals surface area contributed by atoms with Crippen molar-refractivity contribution in [2.24, 2.45) is 0 Å². The van der Waals surface area contributed by atoms with E-state index >= 15 is 0 Å². The van der Waals surface area contributed by atoms with E-state index in [9.17, 15) is 8.42 Å². The second-order valence-electron chi connectivity index (χ2n) is 4.35. The van der Waals surface area contributed by atoms with Gasteiger partial charge < -0.3 is 4.90 Å². The number of nitrogens with zero attached hydrogens (tertiary/aromatic N) is 2. The van der Waals surface area contributed by atoms with E-state index in [4.69, 9.17) is 0 Å². The molecule has 0 saturated carbocycles. The highest BCUT2D eigenvalue weighted by Gasteiger charge is 2.27. The SMILES string of the molecule is CSCC(C)N(C)CCN1CCCS1(=O)=O. The Morgan fingerprint density at radius 1 is 1.50 bits per heavy atom. The molecule has 0 spiro atoms. The molecule has 1 unspecified atom stereocenters. The molecule has 1 fully saturated rings. The van der Waals surface area contributed by atoms with Gasteiger partial charge in [-0.25, -0.2) is 12.7 Å². The lowest BCUT2D eigenvalue weighted by Crippen LogP contribution is -2.39. The standard InChI is InChI=1S/C10H22N2O2S2/c1-10(9-15-3)11(2)6-7-12-5-4-8-16(12,13)14/h10H,4-9H2,1-3H3. The van der Waals surface area contributed by atoms with E-state index in [1.165, 1.54) is 0 Å². The van der Waals surface area contributed by atoms with Crippen molar-refractivity contribution in [1.82, 2.24) is 9.21 Å². The summed E-state index contributed by atoms with van der Waals surface area (Å²) in [6.45, 7) is 4.33. The van der Waals surface area contributed by atoms with Gasteiger partial charge in [-0.3, -0.25) is 0 Å². The van der Waals surface area contributed by atoms with Crippen molar-refractivity contribution in [2.75, 3.05) is 44.4 Å². The van der Waals surface area contributed by atoms with Gasteiger partial charge in [0.15, 0.2) is 0 Å². The quantitative estimate of drug-likeness (QED) is 0.710. The monoisotopic (exact) mass is 266 g/mol. The number of rotatable bonds is 6. The molecule has 1 heterocycles. The molecule has 1 saturated heterocycles. The number of likely N-dealkylation sites (N-methyl/N-ethyl adjacent to an activating group) is 1. The van der Waals surface area contributed by atoms with Gasteiger partial charge in [0.2, 0.25) is 10.0 Å². The summed E-state index contributed by atoms with van der Waals surface area (Å²) < 4.78 is 24.8. The van der Waals surface area contributed by atoms with Gasteiger partial charge in [-0.15, -0.1) is 0 Å². The van der Waals surface area contributed by atoms with Crippen molar-refractivity contribution in [1.29, 1.82) is 0 Å². The summed E-state index contributed by atoms with van der Waals surface area (Å²) in [4.78, 5) is 2.23. The van der Waals surface area contributed by atoms with Crippen LogP contribution in [0.4, 0.5) is 0 Å². The fourth-order valence-corrected chi connectivity index (χ4v) is 4.06. The summed E-state index contributed by atoms with van der Waals surface area (Å²) in [5.74, 6) is 1.42. The van der Waals surface area contributed by atoms with Crippen LogP contribution in [0.1, 0.15) is 13.3 Å². The van der Waals surface area contributed by atoms with Crippen LogP contribution >= 0.6 is 11.8 Å². The van der Waals surface area contributed by atoms with Gasteiger partial charge >= 0.3 is 0 Å². The number of hydrogen-bond donors (Lipinski definition) is 0. The molecule has 0 aromatic rings. The van der Waals surface area contributed by atoms with E-state index in [1.807, 2.05) is 11.8 Å². The Hall–Kier alpha value is 0.220. The first-order valence-electron chi connectivity index (χ1n) is 5.64. The fourth-order valence-electron chi connectivity index (χ4n) is 1.80. The molecule has 0 radical (unpaired) electrons. The third-order valence-corrected chi connectivity index (χ3v) is 5.84. The number of thioether (sulfide) groups is 1. The van der Waals surface area contributed by atoms with Crippen LogP contribution in [0.3, 0.4) is 0 Å². The second kappa shape index (κ2) is 6.23. The lowest BCUT2D eigenvalue weighted by atomic mass is 10.3. The molecule has 1 aliphatic heterocycles. The Morgan fingerprint density at radius 2 is 2.19 bits per heavy atom. The molecule has 0 amide bonds. The van der Waals surface area contributed by atoms with Crippen molar-refractivity contribution in [3.63, 3.8) is 0 Å². The normalized spacial score (nSPS) is 22.8. The molecule has 0 bridgehead atoms. The minimum atomic E-state index is -2.92. The Bertz CT molecular complexity index is 306. The fraction of sp³-hybridized carbons (Fsp3) is 1.00. The highest BCUT2D eigenvalue weighted by molar-refractivity contribution is 7.98. The smallest absolute Gasteiger partial charge is 0.214 e. The molecule has 1 rings (SSSR count). The summed E-state index contributed by atoms with van der Waals surface area (Å²) in [5, 5.41) is 0. The van der Waals surface area contributed by atoms with Crippen molar-refractivity contribution in [2.45, 2.75) is 19.4 Å². The molecule has 96 valence electrons. The molecule has 0 aromatic heterocycles. The molecule has 0 aliphatic carbocycles. The predicted molar refractivity (Wildman–Crippen MR) is 70.5 cm³/mol. The van der Waals surface area contributed by atoms with Gasteiger partial charge in [-0.1, -0.05) is 0 Å². The maximum atomic E-state index is 11.6. The van der Waals surface area contributed by atoms with Crippen LogP contribution in [0, 0.1) is 0 Å². The summed E-state index contributed by atoms with van der Waals surface area (Å²) >= 11 is 1.82. The Kier molecular flexibility index (Phi) is 5.56. The minimum absolute atomic E-state index is 0.330. The first-order valence-corrected chi connectivity index (χ1v) is 8.64. The molecule has 0 aromatic carbocycles. The van der Waals surface area contributed by atoms with Crippen LogP contribution in [0.25, 0.3) is 0 Å². The average molecular weight is 266 g/mol. The zero-order valence-corrected chi connectivity index (χ0v) is 12.0. The lowest BCUT2D eigenvalue weighted by molar-refractivity contribution is 0.256. The Morgan fingerprint density at radius 3 is 2.69 bits per heavy atom. The van der Waals surface area contributed by atoms with Crippen molar-refractivity contribution in [3.05, 3.63) is 0 Å². The summed E-state index contributed by atoms with van der Waals surface area (Å²) in [6, 6.07) is 0.500. The molecule has 4 nitrogen and oxygen atoms in total. The van der Waals surface area contributed by atoms with E-state index in [0.29, 0.717) is 24.9 Å². The average Bonchev–Trinajstić information content (AvgIpc) is 2.54. The van der Waals surface area contributed by atoms with Crippen LogP contribution in [0.15, 0.2) is 0 Å². The zero-order valence-electron chi connectivity index (χ0n) is 10.3. The van der Waals surface area contributed by atoms with Crippen molar-refractivity contribution >= 4 is 21.8 Å². The molecule has 16 heavy (non-hydrogen) atoms. The van der Waals surface area contributed by atoms with E-state index in [0.717, 1.165) is 18.7 Å². The maximum absolute atomic E-state index is 11.6. The topological polar surface area (TPSA) is 40.6 Å². The van der Waals surface area contributed by atoms with Crippen LogP contribution in [-0.2, 0) is 10.0 Å². The minimum Gasteiger partial charge on any atom is -0.302 e. The Balaban J connectivity index is 2.34. The van der Waals surface area contributed by atoms with Gasteiger partial charge in [0.05, 0.1) is 5.75 Å². The first-order chi connectivity index (χ1) is 7.47. The molecule has 1 aliphatic rings. The van der Waals surface area contributed by atoms with E-state index in [1.54, 1.807) is 4.31 Å². The van der Waals surface area contributed by atoms with Gasteiger partial charge in [0.1, 0.15) is 0 Å². The third-order valence-electron chi connectivity index (χ3n) is 3.07. The summed E-state index contributed by atoms with van der Waals surface area (Å²) in [5.41, 5.74) is 0. The zero-order chi connectivity index (χ0) is 12.2. The number of sulfonamides is 1. The van der Waals surface area contributed by atoms with Gasteiger partial charge in [0.25, 0.3) is 0 Å². The largest absolute Gasteiger partial charge is 0.302 e. The molecule has 1 atom stereocenters. The molecular weight excluding hydrogens is 244 g/mol. The van der Waals surface area contributed by atoms with Crippen LogP contribution in [0.5, 0.6) is 0 Å². The highest BCUT2D eigenvalue weighted by Crippen LogP contribution is 2.13. The molecule has 0 N–H and O–H groups in total. The molecular formula is C10H22N2O2S2. The van der Waals surface area contributed by atoms with E-state index < -0.39 is 10.0 Å². The predicted octanol–water partition coefficient (Wildman–Crippen LogP) is 0.705. The van der Waals surface area contributed by atoms with Crippen molar-refractivity contribution < 1.29 is 8.42 Å². The summed E-state index contributed by atoms with van der Waals surface area (Å²) in [7, 11) is -0.860. The highest BCUT2D eigenvalue weighted by atomic mass is 32.2. The van der Waals surface area contributed by atoms with Crippen molar-refractivity contribution in [3.8, 4) is 0 Å². The third kappa shape index (κ3) is 3.91. The van der Waals surface area contributed by atoms with Crippen LogP contribution in [-0.4, -0.2) is 68.1 Å². The molecule has 6 heteroatoms. The first kappa shape index (κ1) is 14.3. The maximum Gasteiger partial charge on any atom is 0.214 e.